The molecule has 1 fully saturated rings. The van der Waals surface area contributed by atoms with E-state index < -0.39 is 54.5 Å². The van der Waals surface area contributed by atoms with Crippen molar-refractivity contribution in [2.45, 2.75) is 24.5 Å². The van der Waals surface area contributed by atoms with E-state index in [9.17, 15) is 33.7 Å². The van der Waals surface area contributed by atoms with Gasteiger partial charge >= 0.3 is 23.4 Å². The minimum absolute atomic E-state index is 0.0568. The number of hydrogen-bond acceptors (Lipinski definition) is 13. The lowest BCUT2D eigenvalue weighted by atomic mass is 10.1. The summed E-state index contributed by atoms with van der Waals surface area (Å²) in [6, 6.07) is 0. The van der Waals surface area contributed by atoms with Crippen LogP contribution < -0.4 is 10.8 Å². The van der Waals surface area contributed by atoms with Gasteiger partial charge in [0.1, 0.15) is 30.2 Å². The molecule has 1 saturated heterocycles. The van der Waals surface area contributed by atoms with Crippen LogP contribution in [-0.2, 0) is 31.6 Å². The van der Waals surface area contributed by atoms with E-state index >= 15 is 0 Å². The number of imidazole rings is 1. The van der Waals surface area contributed by atoms with E-state index in [2.05, 4.69) is 28.1 Å². The summed E-state index contributed by atoms with van der Waals surface area (Å²) in [5.74, 6) is 0.0568. The molecule has 18 nitrogen and oxygen atoms in total. The number of rotatable bonds is 9. The molecule has 7 atom stereocenters. The first-order valence-electron chi connectivity index (χ1n) is 8.44. The average molecular weight is 520 g/mol. The van der Waals surface area contributed by atoms with Gasteiger partial charge in [0, 0.05) is 0 Å². The highest BCUT2D eigenvalue weighted by Crippen LogP contribution is 2.66. The van der Waals surface area contributed by atoms with Crippen LogP contribution in [0.25, 0.3) is 11.2 Å². The summed E-state index contributed by atoms with van der Waals surface area (Å²) in [4.78, 5) is 39.8. The fourth-order valence-corrected chi connectivity index (χ4v) is 6.07. The average Bonchev–Trinajstić information content (AvgIpc) is 3.21. The highest BCUT2D eigenvalue weighted by molar-refractivity contribution is 7.67. The molecule has 0 aliphatic carbocycles. The predicted molar refractivity (Wildman–Crippen MR) is 102 cm³/mol. The Balaban J connectivity index is 1.68. The van der Waals surface area contributed by atoms with Gasteiger partial charge in [0.25, 0.3) is 0 Å². The van der Waals surface area contributed by atoms with Crippen molar-refractivity contribution in [3.8, 4) is 0 Å². The molecule has 0 aromatic carbocycles. The standard InChI is InChI=1S/C11H19N6O12P3/c1-13-30(20,21)28-32(24,25)29-31(22,23)26-2-5-7(18)8(19)11(27-5)17-4-16-6-9(12)14-3-15-10(6)17/h3-5,7-8,11,18-19H,2H2,1H3,(H,22,23)(H,24,25)(H2,12,14,15)(H2,13,20,21)/t5-,7+,8?,11-/m1/s1. The number of nitrogen functional groups attached to an aromatic ring is 1. The number of nitrogens with two attached hydrogens (primary N) is 1. The van der Waals surface area contributed by atoms with Crippen molar-refractivity contribution in [3.63, 3.8) is 0 Å². The maximum absolute atomic E-state index is 11.9. The Bertz CT molecular complexity index is 1130. The van der Waals surface area contributed by atoms with Crippen molar-refractivity contribution < 1.29 is 56.5 Å². The number of fused-ring (bicyclic) bond motifs is 1. The predicted octanol–water partition coefficient (Wildman–Crippen LogP) is -1.40. The van der Waals surface area contributed by atoms with E-state index in [4.69, 9.17) is 15.4 Å². The highest BCUT2D eigenvalue weighted by Gasteiger charge is 2.47. The molecule has 2 aromatic heterocycles. The first-order chi connectivity index (χ1) is 14.8. The van der Waals surface area contributed by atoms with Gasteiger partial charge in [0.2, 0.25) is 0 Å². The molecule has 2 aromatic rings. The van der Waals surface area contributed by atoms with Crippen molar-refractivity contribution in [1.29, 1.82) is 0 Å². The second-order valence-corrected chi connectivity index (χ2v) is 11.2. The zero-order valence-corrected chi connectivity index (χ0v) is 18.7. The van der Waals surface area contributed by atoms with Crippen LogP contribution in [0.5, 0.6) is 0 Å². The number of aromatic nitrogens is 4. The van der Waals surface area contributed by atoms with Crippen LogP contribution in [0.3, 0.4) is 0 Å². The van der Waals surface area contributed by atoms with Crippen LogP contribution >= 0.6 is 23.4 Å². The Hall–Kier alpha value is -1.36. The molecule has 1 aliphatic rings. The fourth-order valence-electron chi connectivity index (χ4n) is 2.67. The number of nitrogens with zero attached hydrogens (tertiary/aromatic N) is 4. The van der Waals surface area contributed by atoms with Crippen LogP contribution in [-0.4, -0.2) is 76.4 Å². The first-order valence-corrected chi connectivity index (χ1v) is 13.0. The topological polar surface area (TPSA) is 271 Å². The third-order valence-electron chi connectivity index (χ3n) is 4.10. The van der Waals surface area contributed by atoms with Crippen molar-refractivity contribution in [2.24, 2.45) is 0 Å². The molecular formula is C11H19N6O12P3. The van der Waals surface area contributed by atoms with Gasteiger partial charge in [-0.25, -0.2) is 33.7 Å². The lowest BCUT2D eigenvalue weighted by molar-refractivity contribution is -0.0503. The van der Waals surface area contributed by atoms with Gasteiger partial charge in [-0.3, -0.25) is 9.09 Å². The molecule has 0 saturated carbocycles. The summed E-state index contributed by atoms with van der Waals surface area (Å²) < 4.78 is 53.8. The molecule has 3 heterocycles. The van der Waals surface area contributed by atoms with E-state index in [1.54, 1.807) is 5.09 Å². The van der Waals surface area contributed by atoms with Crippen LogP contribution in [0.15, 0.2) is 12.7 Å². The molecule has 32 heavy (non-hydrogen) atoms. The molecule has 0 radical (unpaired) electrons. The summed E-state index contributed by atoms with van der Waals surface area (Å²) in [6.45, 7) is -0.908. The molecule has 0 bridgehead atoms. The van der Waals surface area contributed by atoms with Gasteiger partial charge in [-0.2, -0.15) is 8.62 Å². The molecule has 1 aliphatic heterocycles. The largest absolute Gasteiger partial charge is 0.489 e. The lowest BCUT2D eigenvalue weighted by Crippen LogP contribution is -2.33. The van der Waals surface area contributed by atoms with Gasteiger partial charge in [0.05, 0.1) is 12.9 Å². The van der Waals surface area contributed by atoms with Crippen LogP contribution in [0, 0.1) is 0 Å². The Morgan fingerprint density at radius 3 is 2.47 bits per heavy atom. The van der Waals surface area contributed by atoms with E-state index in [0.717, 1.165) is 13.4 Å². The monoisotopic (exact) mass is 520 g/mol. The third kappa shape index (κ3) is 5.58. The zero-order valence-electron chi connectivity index (χ0n) is 16.0. The molecule has 21 heteroatoms. The van der Waals surface area contributed by atoms with Crippen molar-refractivity contribution >= 4 is 40.4 Å². The third-order valence-corrected chi connectivity index (χ3v) is 8.51. The van der Waals surface area contributed by atoms with Gasteiger partial charge in [-0.1, -0.05) is 0 Å². The summed E-state index contributed by atoms with van der Waals surface area (Å²) in [6.07, 6.45) is -3.54. The molecule has 0 amide bonds. The fraction of sp³-hybridized carbons (Fsp3) is 0.545. The second-order valence-electron chi connectivity index (χ2n) is 6.27. The van der Waals surface area contributed by atoms with Crippen LogP contribution in [0.4, 0.5) is 5.82 Å². The quantitative estimate of drug-likeness (QED) is 0.187. The van der Waals surface area contributed by atoms with Gasteiger partial charge < -0.3 is 35.4 Å². The summed E-state index contributed by atoms with van der Waals surface area (Å²) >= 11 is 0. The smallest absolute Gasteiger partial charge is 0.387 e. The maximum atomic E-state index is 11.9. The Morgan fingerprint density at radius 1 is 1.12 bits per heavy atom. The molecular weight excluding hydrogens is 501 g/mol. The van der Waals surface area contributed by atoms with Gasteiger partial charge in [-0.15, -0.1) is 0 Å². The minimum atomic E-state index is -5.53. The van der Waals surface area contributed by atoms with Crippen molar-refractivity contribution in [3.05, 3.63) is 12.7 Å². The highest BCUT2D eigenvalue weighted by atomic mass is 31.3. The number of ether oxygens (including phenoxy) is 1. The van der Waals surface area contributed by atoms with Crippen molar-refractivity contribution in [1.82, 2.24) is 24.6 Å². The maximum Gasteiger partial charge on any atom is 0.489 e. The van der Waals surface area contributed by atoms with E-state index in [1.807, 2.05) is 0 Å². The molecule has 3 rings (SSSR count). The minimum Gasteiger partial charge on any atom is -0.387 e. The number of nitrogens with one attached hydrogen (secondary N) is 1. The van der Waals surface area contributed by atoms with Gasteiger partial charge in [0.15, 0.2) is 17.7 Å². The zero-order chi connectivity index (χ0) is 23.9. The van der Waals surface area contributed by atoms with E-state index in [1.165, 1.54) is 10.9 Å². The summed E-state index contributed by atoms with van der Waals surface area (Å²) in [5.41, 5.74) is 6.06. The van der Waals surface area contributed by atoms with Crippen molar-refractivity contribution in [2.75, 3.05) is 19.4 Å². The van der Waals surface area contributed by atoms with Crippen LogP contribution in [0.1, 0.15) is 6.23 Å². The van der Waals surface area contributed by atoms with E-state index in [-0.39, 0.29) is 17.0 Å². The van der Waals surface area contributed by atoms with E-state index in [0.29, 0.717) is 0 Å². The lowest BCUT2D eigenvalue weighted by Gasteiger charge is -2.20. The molecule has 8 N–H and O–H groups in total. The Kier molecular flexibility index (Phi) is 7.20. The summed E-state index contributed by atoms with van der Waals surface area (Å²) in [5, 5.41) is 22.2. The summed E-state index contributed by atoms with van der Waals surface area (Å²) in [7, 11) is -14.8. The van der Waals surface area contributed by atoms with Crippen LogP contribution in [0.2, 0.25) is 0 Å². The number of aliphatic hydroxyl groups excluding tert-OH is 2. The number of aliphatic hydroxyl groups is 2. The molecule has 4 unspecified atom stereocenters. The number of anilines is 1. The number of phosphoric acid groups is 2. The second kappa shape index (κ2) is 9.12. The number of phosphoric ester groups is 1. The first kappa shape index (κ1) is 25.3. The molecule has 180 valence electrons. The Morgan fingerprint density at radius 2 is 1.81 bits per heavy atom. The Labute approximate surface area is 178 Å². The van der Waals surface area contributed by atoms with Gasteiger partial charge in [-0.05, 0) is 7.05 Å². The normalized spacial score (nSPS) is 29.4. The SMILES string of the molecule is CNP(=O)(O)OP(=O)(O)OP(=O)(O)OC[C@H]1O[C@@H](n2cnc3c(N)ncnc32)C(O)[C@H]1O. The molecule has 0 spiro atoms. The number of hydrogen-bond donors (Lipinski definition) is 7.